The zero-order chi connectivity index (χ0) is 27.6. The molecule has 0 bridgehead atoms. The van der Waals surface area contributed by atoms with Gasteiger partial charge in [-0.2, -0.15) is 18.3 Å². The second kappa shape index (κ2) is 11.4. The van der Waals surface area contributed by atoms with Gasteiger partial charge in [-0.1, -0.05) is 26.2 Å². The van der Waals surface area contributed by atoms with Crippen molar-refractivity contribution >= 4 is 11.6 Å². The summed E-state index contributed by atoms with van der Waals surface area (Å²) in [4.78, 5) is 18.5. The van der Waals surface area contributed by atoms with E-state index in [4.69, 9.17) is 5.10 Å². The van der Waals surface area contributed by atoms with E-state index in [2.05, 4.69) is 10.3 Å². The van der Waals surface area contributed by atoms with Gasteiger partial charge in [-0.3, -0.25) is 4.79 Å². The number of aromatic nitrogens is 3. The highest BCUT2D eigenvalue weighted by atomic mass is 19.4. The molecule has 39 heavy (non-hydrogen) atoms. The molecule has 0 radical (unpaired) electrons. The Morgan fingerprint density at radius 3 is 2.38 bits per heavy atom. The largest absolute Gasteiger partial charge is 0.417 e. The molecule has 5 rings (SSSR count). The first kappa shape index (κ1) is 27.2. The predicted molar refractivity (Wildman–Crippen MR) is 145 cm³/mol. The van der Waals surface area contributed by atoms with Crippen molar-refractivity contribution < 1.29 is 18.0 Å². The van der Waals surface area contributed by atoms with Crippen LogP contribution in [0.25, 0.3) is 5.82 Å². The number of hydrogen-bond donors (Lipinski definition) is 1. The second-order valence-electron chi connectivity index (χ2n) is 10.9. The Balaban J connectivity index is 1.45. The molecule has 0 aliphatic heterocycles. The van der Waals surface area contributed by atoms with E-state index in [0.717, 1.165) is 61.3 Å². The standard InChI is InChI=1S/C30H36F3N5O/c1-3-17-37(2)29(39)22-11-14-24(15-12-22)35-27(20-7-5-4-6-8-20)25-19-38(36-28(25)21-9-10-21)26-16-13-23(18-34-26)30(31,32)33/h11-16,18-21,27,35H,3-10,17H2,1-2H3. The normalized spacial score (nSPS) is 17.2. The van der Waals surface area contributed by atoms with Crippen molar-refractivity contribution in [2.45, 2.75) is 76.4 Å². The summed E-state index contributed by atoms with van der Waals surface area (Å²) >= 11 is 0. The number of alkyl halides is 3. The summed E-state index contributed by atoms with van der Waals surface area (Å²) in [7, 11) is 1.82. The van der Waals surface area contributed by atoms with Crippen LogP contribution in [0.1, 0.15) is 97.4 Å². The Morgan fingerprint density at radius 2 is 1.79 bits per heavy atom. The molecule has 208 valence electrons. The molecule has 1 unspecified atom stereocenters. The third kappa shape index (κ3) is 6.28. The van der Waals surface area contributed by atoms with Crippen LogP contribution >= 0.6 is 0 Å². The minimum atomic E-state index is -4.43. The molecule has 3 aromatic rings. The molecular formula is C30H36F3N5O. The average molecular weight is 540 g/mol. The number of hydrogen-bond acceptors (Lipinski definition) is 4. The Hall–Kier alpha value is -3.36. The van der Waals surface area contributed by atoms with Gasteiger partial charge in [0.1, 0.15) is 0 Å². The van der Waals surface area contributed by atoms with Crippen LogP contribution in [0.4, 0.5) is 18.9 Å². The lowest BCUT2D eigenvalue weighted by Crippen LogP contribution is -2.27. The minimum Gasteiger partial charge on any atom is -0.378 e. The third-order valence-corrected chi connectivity index (χ3v) is 7.86. The first-order chi connectivity index (χ1) is 18.7. The maximum absolute atomic E-state index is 13.1. The predicted octanol–water partition coefficient (Wildman–Crippen LogP) is 7.38. The Kier molecular flexibility index (Phi) is 7.96. The lowest BCUT2D eigenvalue weighted by Gasteiger charge is -2.32. The van der Waals surface area contributed by atoms with Gasteiger partial charge in [-0.15, -0.1) is 0 Å². The fourth-order valence-corrected chi connectivity index (χ4v) is 5.58. The summed E-state index contributed by atoms with van der Waals surface area (Å²) in [5, 5.41) is 8.60. The molecular weight excluding hydrogens is 503 g/mol. The molecule has 0 saturated heterocycles. The van der Waals surface area contributed by atoms with Crippen molar-refractivity contribution in [2.75, 3.05) is 18.9 Å². The van der Waals surface area contributed by atoms with Crippen molar-refractivity contribution in [1.82, 2.24) is 19.7 Å². The molecule has 1 atom stereocenters. The van der Waals surface area contributed by atoms with Crippen molar-refractivity contribution in [3.8, 4) is 5.82 Å². The van der Waals surface area contributed by atoms with Gasteiger partial charge in [-0.05, 0) is 74.4 Å². The minimum absolute atomic E-state index is 0.00779. The van der Waals surface area contributed by atoms with Crippen LogP contribution in [0.15, 0.2) is 48.8 Å². The number of carbonyl (C=O) groups excluding carboxylic acids is 1. The summed E-state index contributed by atoms with van der Waals surface area (Å²) in [5.74, 6) is 1.15. The van der Waals surface area contributed by atoms with E-state index in [9.17, 15) is 18.0 Å². The van der Waals surface area contributed by atoms with Crippen LogP contribution in [0, 0.1) is 5.92 Å². The summed E-state index contributed by atoms with van der Waals surface area (Å²) in [6.45, 7) is 2.76. The Bertz CT molecular complexity index is 1260. The van der Waals surface area contributed by atoms with Crippen molar-refractivity contribution in [3.63, 3.8) is 0 Å². The third-order valence-electron chi connectivity index (χ3n) is 7.86. The molecule has 2 heterocycles. The zero-order valence-electron chi connectivity index (χ0n) is 22.5. The fourth-order valence-electron chi connectivity index (χ4n) is 5.58. The molecule has 1 amide bonds. The van der Waals surface area contributed by atoms with Gasteiger partial charge >= 0.3 is 6.18 Å². The lowest BCUT2D eigenvalue weighted by atomic mass is 9.80. The monoisotopic (exact) mass is 539 g/mol. The van der Waals surface area contributed by atoms with Crippen LogP contribution in [0.5, 0.6) is 0 Å². The van der Waals surface area contributed by atoms with E-state index in [1.54, 1.807) is 9.58 Å². The smallest absolute Gasteiger partial charge is 0.378 e. The van der Waals surface area contributed by atoms with Gasteiger partial charge in [0, 0.05) is 48.7 Å². The quantitative estimate of drug-likeness (QED) is 0.308. The number of nitrogens with zero attached hydrogens (tertiary/aromatic N) is 4. The highest BCUT2D eigenvalue weighted by Gasteiger charge is 2.36. The number of carbonyl (C=O) groups is 1. The summed E-state index contributed by atoms with van der Waals surface area (Å²) in [6, 6.07) is 10.1. The number of pyridine rings is 1. The fraction of sp³-hybridized carbons (Fsp3) is 0.500. The van der Waals surface area contributed by atoms with Crippen LogP contribution < -0.4 is 5.32 Å². The lowest BCUT2D eigenvalue weighted by molar-refractivity contribution is -0.137. The highest BCUT2D eigenvalue weighted by molar-refractivity contribution is 5.94. The SMILES string of the molecule is CCCN(C)C(=O)c1ccc(NC(c2cn(-c3ccc(C(F)(F)F)cn3)nc2C2CC2)C2CCCCC2)cc1. The van der Waals surface area contributed by atoms with Gasteiger partial charge in [0.15, 0.2) is 5.82 Å². The average Bonchev–Trinajstić information content (AvgIpc) is 3.70. The van der Waals surface area contributed by atoms with Gasteiger partial charge in [0.2, 0.25) is 0 Å². The molecule has 2 aliphatic rings. The molecule has 2 saturated carbocycles. The number of amides is 1. The number of halogens is 3. The number of rotatable bonds is 9. The second-order valence-corrected chi connectivity index (χ2v) is 10.9. The van der Waals surface area contributed by atoms with Crippen molar-refractivity contribution in [2.24, 2.45) is 5.92 Å². The van der Waals surface area contributed by atoms with Crippen LogP contribution in [-0.4, -0.2) is 39.2 Å². The number of benzene rings is 1. The van der Waals surface area contributed by atoms with Crippen LogP contribution in [0.2, 0.25) is 0 Å². The van der Waals surface area contributed by atoms with Gasteiger partial charge in [0.25, 0.3) is 5.91 Å². The first-order valence-electron chi connectivity index (χ1n) is 14.0. The van der Waals surface area contributed by atoms with Crippen molar-refractivity contribution in [3.05, 3.63) is 71.2 Å². The molecule has 2 fully saturated rings. The summed E-state index contributed by atoms with van der Waals surface area (Å²) in [6.07, 6.45) is 7.20. The van der Waals surface area contributed by atoms with E-state index in [0.29, 0.717) is 29.8 Å². The first-order valence-corrected chi connectivity index (χ1v) is 14.0. The molecule has 2 aliphatic carbocycles. The van der Waals surface area contributed by atoms with E-state index in [-0.39, 0.29) is 11.9 Å². The summed E-state index contributed by atoms with van der Waals surface area (Å²) < 4.78 is 40.9. The maximum Gasteiger partial charge on any atom is 0.417 e. The van der Waals surface area contributed by atoms with E-state index < -0.39 is 11.7 Å². The molecule has 6 nitrogen and oxygen atoms in total. The Morgan fingerprint density at radius 1 is 1.08 bits per heavy atom. The molecule has 1 aromatic carbocycles. The molecule has 9 heteroatoms. The van der Waals surface area contributed by atoms with Crippen LogP contribution in [0.3, 0.4) is 0 Å². The molecule has 2 aromatic heterocycles. The van der Waals surface area contributed by atoms with E-state index >= 15 is 0 Å². The van der Waals surface area contributed by atoms with E-state index in [1.807, 2.05) is 44.4 Å². The van der Waals surface area contributed by atoms with Gasteiger partial charge < -0.3 is 10.2 Å². The Labute approximate surface area is 227 Å². The van der Waals surface area contributed by atoms with E-state index in [1.165, 1.54) is 25.3 Å². The molecule has 0 spiro atoms. The molecule has 1 N–H and O–H groups in total. The van der Waals surface area contributed by atoms with Crippen LogP contribution in [-0.2, 0) is 6.18 Å². The van der Waals surface area contributed by atoms with Crippen molar-refractivity contribution in [1.29, 1.82) is 0 Å². The van der Waals surface area contributed by atoms with Gasteiger partial charge in [-0.25, -0.2) is 9.67 Å². The zero-order valence-corrected chi connectivity index (χ0v) is 22.5. The highest BCUT2D eigenvalue weighted by Crippen LogP contribution is 2.46. The maximum atomic E-state index is 13.1. The number of nitrogens with one attached hydrogen (secondary N) is 1. The topological polar surface area (TPSA) is 63.1 Å². The van der Waals surface area contributed by atoms with Gasteiger partial charge in [0.05, 0.1) is 17.3 Å². The number of anilines is 1. The summed E-state index contributed by atoms with van der Waals surface area (Å²) in [5.41, 5.74) is 2.92.